The minimum absolute atomic E-state index is 0.0385. The molecule has 0 bridgehead atoms. The normalized spacial score (nSPS) is 14.0. The fourth-order valence-corrected chi connectivity index (χ4v) is 6.14. The van der Waals surface area contributed by atoms with Crippen molar-refractivity contribution in [2.45, 2.75) is 174 Å². The highest BCUT2D eigenvalue weighted by Crippen LogP contribution is 2.43. The van der Waals surface area contributed by atoms with Gasteiger partial charge in [0, 0.05) is 19.4 Å². The molecule has 0 aromatic heterocycles. The van der Waals surface area contributed by atoms with Gasteiger partial charge in [-0.25, -0.2) is 4.57 Å². The van der Waals surface area contributed by atoms with E-state index in [2.05, 4.69) is 74.6 Å². The standard InChI is InChI=1S/C45H78NO8P/c1-3-5-7-9-11-13-15-17-19-20-21-22-24-26-28-30-32-34-36-38-45(48)54-43(42-53-55(49,50)52-40-39-46)41-51-44(47)37-35-33-31-29-27-25-23-18-16-14-12-10-8-6-4-2/h11,13-14,16-17,19,21-22,26,28,32,34,43H,3-10,12,15,18,20,23-25,27,29-31,33,35-42,46H2,1-2H3,(H,49,50)/b13-11+,16-14+,19-17+,22-21+,28-26+,34-32+/t43-/m1/s1. The van der Waals surface area contributed by atoms with Gasteiger partial charge in [-0.15, -0.1) is 0 Å². The summed E-state index contributed by atoms with van der Waals surface area (Å²) in [6.07, 6.45) is 49.4. The van der Waals surface area contributed by atoms with Crippen molar-refractivity contribution in [2.75, 3.05) is 26.4 Å². The summed E-state index contributed by atoms with van der Waals surface area (Å²) in [6, 6.07) is 0. The molecule has 9 nitrogen and oxygen atoms in total. The molecule has 0 heterocycles. The van der Waals surface area contributed by atoms with Crippen molar-refractivity contribution < 1.29 is 37.6 Å². The lowest BCUT2D eigenvalue weighted by Gasteiger charge is -2.19. The van der Waals surface area contributed by atoms with Crippen LogP contribution in [0.1, 0.15) is 168 Å². The number of phosphoric acid groups is 1. The molecule has 3 N–H and O–H groups in total. The minimum atomic E-state index is -4.40. The molecule has 0 aromatic carbocycles. The summed E-state index contributed by atoms with van der Waals surface area (Å²) in [5.41, 5.74) is 5.34. The first kappa shape index (κ1) is 52.5. The van der Waals surface area contributed by atoms with Crippen LogP contribution < -0.4 is 5.73 Å². The number of esters is 2. The van der Waals surface area contributed by atoms with Crippen LogP contribution in [-0.4, -0.2) is 49.3 Å². The largest absolute Gasteiger partial charge is 0.472 e. The van der Waals surface area contributed by atoms with E-state index in [1.165, 1.54) is 77.0 Å². The molecule has 0 fully saturated rings. The van der Waals surface area contributed by atoms with E-state index in [1.807, 2.05) is 12.2 Å². The molecule has 0 saturated carbocycles. The molecule has 0 aliphatic heterocycles. The molecule has 10 heteroatoms. The van der Waals surface area contributed by atoms with E-state index in [0.29, 0.717) is 12.8 Å². The van der Waals surface area contributed by atoms with Crippen LogP contribution in [0.15, 0.2) is 72.9 Å². The van der Waals surface area contributed by atoms with Crippen LogP contribution >= 0.6 is 7.82 Å². The van der Waals surface area contributed by atoms with Crippen LogP contribution in [0, 0.1) is 0 Å². The number of allylic oxidation sites excluding steroid dienone is 12. The van der Waals surface area contributed by atoms with Crippen molar-refractivity contribution in [1.82, 2.24) is 0 Å². The number of nitrogens with two attached hydrogens (primary N) is 1. The summed E-state index contributed by atoms with van der Waals surface area (Å²) in [5, 5.41) is 0. The summed E-state index contributed by atoms with van der Waals surface area (Å²) < 4.78 is 32.7. The number of carbonyl (C=O) groups is 2. The average molecular weight is 792 g/mol. The Balaban J connectivity index is 4.32. The fraction of sp³-hybridized carbons (Fsp3) is 0.689. The Morgan fingerprint density at radius 3 is 1.53 bits per heavy atom. The third-order valence-corrected chi connectivity index (χ3v) is 9.56. The summed E-state index contributed by atoms with van der Waals surface area (Å²) in [7, 11) is -4.40. The topological polar surface area (TPSA) is 134 Å². The maximum absolute atomic E-state index is 12.5. The molecule has 0 spiro atoms. The zero-order valence-electron chi connectivity index (χ0n) is 34.6. The zero-order chi connectivity index (χ0) is 40.3. The molecule has 0 aliphatic carbocycles. The van der Waals surface area contributed by atoms with Gasteiger partial charge in [-0.05, 0) is 77.0 Å². The summed E-state index contributed by atoms with van der Waals surface area (Å²) in [5.74, 6) is -0.935. The van der Waals surface area contributed by atoms with Gasteiger partial charge in [-0.3, -0.25) is 18.6 Å². The zero-order valence-corrected chi connectivity index (χ0v) is 35.5. The van der Waals surface area contributed by atoms with E-state index in [-0.39, 0.29) is 32.6 Å². The van der Waals surface area contributed by atoms with Crippen LogP contribution in [0.4, 0.5) is 0 Å². The van der Waals surface area contributed by atoms with E-state index in [4.69, 9.17) is 24.3 Å². The fourth-order valence-electron chi connectivity index (χ4n) is 5.37. The molecular weight excluding hydrogens is 713 g/mol. The number of unbranched alkanes of at least 4 members (excludes halogenated alkanes) is 14. The molecule has 0 aliphatic rings. The predicted octanol–water partition coefficient (Wildman–Crippen LogP) is 12.3. The van der Waals surface area contributed by atoms with E-state index in [9.17, 15) is 19.0 Å². The molecule has 1 unspecified atom stereocenters. The maximum Gasteiger partial charge on any atom is 0.472 e. The molecule has 0 rings (SSSR count). The van der Waals surface area contributed by atoms with Crippen LogP contribution in [0.25, 0.3) is 0 Å². The lowest BCUT2D eigenvalue weighted by molar-refractivity contribution is -0.161. The first-order valence-corrected chi connectivity index (χ1v) is 22.9. The van der Waals surface area contributed by atoms with Crippen molar-refractivity contribution in [3.8, 4) is 0 Å². The van der Waals surface area contributed by atoms with Crippen molar-refractivity contribution in [3.63, 3.8) is 0 Å². The Kier molecular flexibility index (Phi) is 39.2. The number of rotatable bonds is 39. The van der Waals surface area contributed by atoms with Gasteiger partial charge in [0.25, 0.3) is 0 Å². The van der Waals surface area contributed by atoms with E-state index in [1.54, 1.807) is 0 Å². The molecule has 316 valence electrons. The lowest BCUT2D eigenvalue weighted by Crippen LogP contribution is -2.29. The molecular formula is C45H78NO8P. The minimum Gasteiger partial charge on any atom is -0.462 e. The number of ether oxygens (including phenoxy) is 2. The van der Waals surface area contributed by atoms with Crippen molar-refractivity contribution in [2.24, 2.45) is 5.73 Å². The van der Waals surface area contributed by atoms with Crippen LogP contribution in [0.2, 0.25) is 0 Å². The van der Waals surface area contributed by atoms with Gasteiger partial charge in [0.05, 0.1) is 13.2 Å². The van der Waals surface area contributed by atoms with Gasteiger partial charge >= 0.3 is 19.8 Å². The van der Waals surface area contributed by atoms with Crippen molar-refractivity contribution in [1.29, 1.82) is 0 Å². The van der Waals surface area contributed by atoms with Crippen LogP contribution in [0.5, 0.6) is 0 Å². The Labute approximate surface area is 335 Å². The van der Waals surface area contributed by atoms with Crippen LogP contribution in [0.3, 0.4) is 0 Å². The van der Waals surface area contributed by atoms with Gasteiger partial charge in [0.1, 0.15) is 6.61 Å². The maximum atomic E-state index is 12.5. The van der Waals surface area contributed by atoms with E-state index >= 15 is 0 Å². The number of hydrogen-bond acceptors (Lipinski definition) is 8. The molecule has 55 heavy (non-hydrogen) atoms. The monoisotopic (exact) mass is 792 g/mol. The Bertz CT molecular complexity index is 1130. The van der Waals surface area contributed by atoms with E-state index in [0.717, 1.165) is 51.4 Å². The molecule has 0 radical (unpaired) electrons. The van der Waals surface area contributed by atoms with Crippen LogP contribution in [-0.2, 0) is 32.7 Å². The molecule has 0 amide bonds. The second-order valence-corrected chi connectivity index (χ2v) is 15.3. The van der Waals surface area contributed by atoms with E-state index < -0.39 is 32.5 Å². The Morgan fingerprint density at radius 1 is 0.545 bits per heavy atom. The Morgan fingerprint density at radius 2 is 0.982 bits per heavy atom. The molecule has 2 atom stereocenters. The molecule has 0 saturated heterocycles. The first-order chi connectivity index (χ1) is 26.8. The summed E-state index contributed by atoms with van der Waals surface area (Å²) in [6.45, 7) is 3.59. The molecule has 0 aromatic rings. The van der Waals surface area contributed by atoms with Gasteiger partial charge in [0.15, 0.2) is 6.10 Å². The summed E-state index contributed by atoms with van der Waals surface area (Å²) >= 11 is 0. The average Bonchev–Trinajstić information content (AvgIpc) is 3.17. The SMILES string of the molecule is CCCCC/C=C/C/C=C/C/C=C/C/C=C/C/C=C/CCC(=O)O[C@H](COC(=O)CCCCCCCCC/C=C/CCCCCC)COP(=O)(O)OCCN. The highest BCUT2D eigenvalue weighted by molar-refractivity contribution is 7.47. The summed E-state index contributed by atoms with van der Waals surface area (Å²) in [4.78, 5) is 34.8. The van der Waals surface area contributed by atoms with Gasteiger partial charge in [-0.1, -0.05) is 151 Å². The predicted molar refractivity (Wildman–Crippen MR) is 229 cm³/mol. The third-order valence-electron chi connectivity index (χ3n) is 8.58. The first-order valence-electron chi connectivity index (χ1n) is 21.4. The third kappa shape index (κ3) is 40.9. The van der Waals surface area contributed by atoms with Gasteiger partial charge in [-0.2, -0.15) is 0 Å². The second-order valence-electron chi connectivity index (χ2n) is 13.8. The van der Waals surface area contributed by atoms with Crippen molar-refractivity contribution >= 4 is 19.8 Å². The lowest BCUT2D eigenvalue weighted by atomic mass is 10.1. The number of hydrogen-bond donors (Lipinski definition) is 2. The Hall–Kier alpha value is -2.55. The number of phosphoric ester groups is 1. The smallest absolute Gasteiger partial charge is 0.462 e. The van der Waals surface area contributed by atoms with Gasteiger partial charge in [0.2, 0.25) is 0 Å². The second kappa shape index (κ2) is 41.1. The quantitative estimate of drug-likeness (QED) is 0.0270. The van der Waals surface area contributed by atoms with Crippen molar-refractivity contribution in [3.05, 3.63) is 72.9 Å². The highest BCUT2D eigenvalue weighted by atomic mass is 31.2. The number of carbonyl (C=O) groups excluding carboxylic acids is 2. The highest BCUT2D eigenvalue weighted by Gasteiger charge is 2.25. The van der Waals surface area contributed by atoms with Gasteiger partial charge < -0.3 is 20.1 Å².